The fourth-order valence-electron chi connectivity index (χ4n) is 1.30. The van der Waals surface area contributed by atoms with Crippen molar-refractivity contribution >= 4 is 21.8 Å². The minimum absolute atomic E-state index is 0.0513. The maximum Gasteiger partial charge on any atom is 0.251 e. The van der Waals surface area contributed by atoms with Gasteiger partial charge in [0.25, 0.3) is 5.91 Å². The molecule has 1 aromatic carbocycles. The van der Waals surface area contributed by atoms with Gasteiger partial charge in [-0.05, 0) is 30.7 Å². The third-order valence-corrected chi connectivity index (χ3v) is 2.66. The van der Waals surface area contributed by atoms with Gasteiger partial charge < -0.3 is 10.1 Å². The summed E-state index contributed by atoms with van der Waals surface area (Å²) in [6.07, 6.45) is 2.17. The SMILES string of the molecule is CCCCOc1ccc(C(=O)NCCBr)cc1. The van der Waals surface area contributed by atoms with E-state index in [2.05, 4.69) is 28.2 Å². The van der Waals surface area contributed by atoms with Gasteiger partial charge in [0.05, 0.1) is 6.61 Å². The Labute approximate surface area is 111 Å². The minimum Gasteiger partial charge on any atom is -0.494 e. The van der Waals surface area contributed by atoms with Gasteiger partial charge in [0.15, 0.2) is 0 Å². The van der Waals surface area contributed by atoms with Gasteiger partial charge >= 0.3 is 0 Å². The summed E-state index contributed by atoms with van der Waals surface area (Å²) < 4.78 is 5.52. The van der Waals surface area contributed by atoms with Crippen LogP contribution in [0.1, 0.15) is 30.1 Å². The number of ether oxygens (including phenoxy) is 1. The van der Waals surface area contributed by atoms with Gasteiger partial charge in [-0.1, -0.05) is 29.3 Å². The topological polar surface area (TPSA) is 38.3 Å². The van der Waals surface area contributed by atoms with E-state index in [1.165, 1.54) is 0 Å². The third kappa shape index (κ3) is 5.22. The van der Waals surface area contributed by atoms with Crippen LogP contribution in [-0.4, -0.2) is 24.4 Å². The number of benzene rings is 1. The van der Waals surface area contributed by atoms with Crippen molar-refractivity contribution < 1.29 is 9.53 Å². The van der Waals surface area contributed by atoms with E-state index in [1.54, 1.807) is 12.1 Å². The molecule has 0 saturated carbocycles. The van der Waals surface area contributed by atoms with E-state index in [9.17, 15) is 4.79 Å². The normalized spacial score (nSPS) is 10.0. The summed E-state index contributed by atoms with van der Waals surface area (Å²) >= 11 is 3.26. The van der Waals surface area contributed by atoms with E-state index >= 15 is 0 Å². The number of carbonyl (C=O) groups excluding carboxylic acids is 1. The van der Waals surface area contributed by atoms with Gasteiger partial charge in [-0.3, -0.25) is 4.79 Å². The molecule has 1 N–H and O–H groups in total. The highest BCUT2D eigenvalue weighted by Crippen LogP contribution is 2.12. The first-order valence-corrected chi connectivity index (χ1v) is 6.97. The molecule has 0 aliphatic rings. The molecule has 0 aliphatic heterocycles. The maximum atomic E-state index is 11.6. The Hall–Kier alpha value is -1.03. The fourth-order valence-corrected chi connectivity index (χ4v) is 1.50. The summed E-state index contributed by atoms with van der Waals surface area (Å²) in [6, 6.07) is 7.23. The molecule has 0 saturated heterocycles. The Morgan fingerprint density at radius 3 is 2.65 bits per heavy atom. The lowest BCUT2D eigenvalue weighted by Crippen LogP contribution is -2.24. The van der Waals surface area contributed by atoms with Crippen molar-refractivity contribution in [1.82, 2.24) is 5.32 Å². The van der Waals surface area contributed by atoms with E-state index in [1.807, 2.05) is 12.1 Å². The number of hydrogen-bond acceptors (Lipinski definition) is 2. The first-order valence-electron chi connectivity index (χ1n) is 5.85. The van der Waals surface area contributed by atoms with Crippen LogP contribution < -0.4 is 10.1 Å². The highest BCUT2D eigenvalue weighted by Gasteiger charge is 2.04. The maximum absolute atomic E-state index is 11.6. The van der Waals surface area contributed by atoms with E-state index in [4.69, 9.17) is 4.74 Å². The number of nitrogens with one attached hydrogen (secondary N) is 1. The van der Waals surface area contributed by atoms with Crippen molar-refractivity contribution in [1.29, 1.82) is 0 Å². The van der Waals surface area contributed by atoms with Gasteiger partial charge in [-0.15, -0.1) is 0 Å². The van der Waals surface area contributed by atoms with Crippen molar-refractivity contribution in [3.05, 3.63) is 29.8 Å². The molecule has 4 heteroatoms. The molecule has 0 aliphatic carbocycles. The zero-order valence-electron chi connectivity index (χ0n) is 10.0. The van der Waals surface area contributed by atoms with Crippen LogP contribution >= 0.6 is 15.9 Å². The lowest BCUT2D eigenvalue weighted by molar-refractivity contribution is 0.0956. The molecule has 0 atom stereocenters. The molecule has 0 radical (unpaired) electrons. The van der Waals surface area contributed by atoms with Crippen molar-refractivity contribution in [2.45, 2.75) is 19.8 Å². The minimum atomic E-state index is -0.0513. The van der Waals surface area contributed by atoms with Gasteiger partial charge in [0.2, 0.25) is 0 Å². The van der Waals surface area contributed by atoms with Crippen molar-refractivity contribution in [3.63, 3.8) is 0 Å². The summed E-state index contributed by atoms with van der Waals surface area (Å²) in [7, 11) is 0. The number of carbonyl (C=O) groups is 1. The van der Waals surface area contributed by atoms with Gasteiger partial charge in [-0.2, -0.15) is 0 Å². The molecule has 0 spiro atoms. The van der Waals surface area contributed by atoms with Crippen LogP contribution in [0.25, 0.3) is 0 Å². The van der Waals surface area contributed by atoms with Crippen molar-refractivity contribution in [2.24, 2.45) is 0 Å². The predicted octanol–water partition coefficient (Wildman–Crippen LogP) is 2.99. The van der Waals surface area contributed by atoms with Crippen LogP contribution in [0.3, 0.4) is 0 Å². The van der Waals surface area contributed by atoms with Crippen LogP contribution in [0.5, 0.6) is 5.75 Å². The first kappa shape index (κ1) is 14.0. The molecular formula is C13H18BrNO2. The number of amides is 1. The second-order valence-electron chi connectivity index (χ2n) is 3.67. The molecular weight excluding hydrogens is 282 g/mol. The van der Waals surface area contributed by atoms with E-state index in [-0.39, 0.29) is 5.91 Å². The first-order chi connectivity index (χ1) is 8.27. The Morgan fingerprint density at radius 1 is 1.35 bits per heavy atom. The number of alkyl halides is 1. The second kappa shape index (κ2) is 8.12. The lowest BCUT2D eigenvalue weighted by Gasteiger charge is -2.06. The van der Waals surface area contributed by atoms with E-state index < -0.39 is 0 Å². The molecule has 0 aromatic heterocycles. The summed E-state index contributed by atoms with van der Waals surface area (Å²) in [5.41, 5.74) is 0.661. The van der Waals surface area contributed by atoms with Crippen LogP contribution in [0, 0.1) is 0 Å². The second-order valence-corrected chi connectivity index (χ2v) is 4.46. The molecule has 0 bridgehead atoms. The Balaban J connectivity index is 2.46. The van der Waals surface area contributed by atoms with Crippen molar-refractivity contribution in [2.75, 3.05) is 18.5 Å². The quantitative estimate of drug-likeness (QED) is 0.621. The standard InChI is InChI=1S/C13H18BrNO2/c1-2-3-10-17-12-6-4-11(5-7-12)13(16)15-9-8-14/h4-7H,2-3,8-10H2,1H3,(H,15,16). The molecule has 17 heavy (non-hydrogen) atoms. The highest BCUT2D eigenvalue weighted by atomic mass is 79.9. The molecule has 0 unspecified atom stereocenters. The molecule has 3 nitrogen and oxygen atoms in total. The predicted molar refractivity (Wildman–Crippen MR) is 73.0 cm³/mol. The largest absolute Gasteiger partial charge is 0.494 e. The van der Waals surface area contributed by atoms with Gasteiger partial charge in [-0.25, -0.2) is 0 Å². The summed E-state index contributed by atoms with van der Waals surface area (Å²) in [6.45, 7) is 3.49. The molecule has 0 fully saturated rings. The zero-order valence-corrected chi connectivity index (χ0v) is 11.6. The molecule has 1 rings (SSSR count). The fraction of sp³-hybridized carbons (Fsp3) is 0.462. The molecule has 1 amide bonds. The number of unbranched alkanes of at least 4 members (excludes halogenated alkanes) is 1. The van der Waals surface area contributed by atoms with E-state index in [0.29, 0.717) is 12.1 Å². The molecule has 94 valence electrons. The van der Waals surface area contributed by atoms with Crippen LogP contribution in [-0.2, 0) is 0 Å². The van der Waals surface area contributed by atoms with Gasteiger partial charge in [0.1, 0.15) is 5.75 Å². The lowest BCUT2D eigenvalue weighted by atomic mass is 10.2. The summed E-state index contributed by atoms with van der Waals surface area (Å²) in [5, 5.41) is 3.55. The third-order valence-electron chi connectivity index (χ3n) is 2.26. The molecule has 0 heterocycles. The van der Waals surface area contributed by atoms with Crippen LogP contribution in [0.2, 0.25) is 0 Å². The monoisotopic (exact) mass is 299 g/mol. The number of rotatable bonds is 7. The van der Waals surface area contributed by atoms with Crippen molar-refractivity contribution in [3.8, 4) is 5.75 Å². The average Bonchev–Trinajstić information content (AvgIpc) is 2.37. The highest BCUT2D eigenvalue weighted by molar-refractivity contribution is 9.09. The average molecular weight is 300 g/mol. The summed E-state index contributed by atoms with van der Waals surface area (Å²) in [5.74, 6) is 0.764. The number of hydrogen-bond donors (Lipinski definition) is 1. The summed E-state index contributed by atoms with van der Waals surface area (Å²) in [4.78, 5) is 11.6. The van der Waals surface area contributed by atoms with Crippen LogP contribution in [0.4, 0.5) is 0 Å². The molecule has 1 aromatic rings. The smallest absolute Gasteiger partial charge is 0.251 e. The van der Waals surface area contributed by atoms with Crippen LogP contribution in [0.15, 0.2) is 24.3 Å². The van der Waals surface area contributed by atoms with Gasteiger partial charge in [0, 0.05) is 17.4 Å². The number of halogens is 1. The zero-order chi connectivity index (χ0) is 12.5. The van der Waals surface area contributed by atoms with E-state index in [0.717, 1.165) is 30.5 Å². The Bertz CT molecular complexity index is 338. The Morgan fingerprint density at radius 2 is 2.06 bits per heavy atom. The Kier molecular flexibility index (Phi) is 6.70.